The molecule has 0 saturated carbocycles. The Hall–Kier alpha value is -1.89. The lowest BCUT2D eigenvalue weighted by atomic mass is 10.2. The molecule has 11 heteroatoms. The van der Waals surface area contributed by atoms with Gasteiger partial charge in [-0.1, -0.05) is 0 Å². The molecule has 0 radical (unpaired) electrons. The number of nitrogens with zero attached hydrogens (tertiary/aromatic N) is 3. The number of aromatic nitrogens is 1. The van der Waals surface area contributed by atoms with Crippen LogP contribution >= 0.6 is 11.3 Å². The van der Waals surface area contributed by atoms with Crippen LogP contribution in [0.2, 0.25) is 0 Å². The number of benzene rings is 1. The fourth-order valence-electron chi connectivity index (χ4n) is 3.21. The molecule has 3 rings (SSSR count). The van der Waals surface area contributed by atoms with E-state index >= 15 is 0 Å². The Kier molecular flexibility index (Phi) is 8.14. The molecule has 0 saturated heterocycles. The number of hydrogen-bond donors (Lipinski definition) is 1. The van der Waals surface area contributed by atoms with Crippen LogP contribution in [0, 0.1) is 0 Å². The minimum atomic E-state index is -3.73. The van der Waals surface area contributed by atoms with Gasteiger partial charge in [-0.05, 0) is 31.3 Å². The molecule has 0 fully saturated rings. The van der Waals surface area contributed by atoms with Crippen molar-refractivity contribution in [3.05, 3.63) is 40.4 Å². The van der Waals surface area contributed by atoms with E-state index in [0.717, 1.165) is 30.1 Å². The van der Waals surface area contributed by atoms with Crippen molar-refractivity contribution in [1.29, 1.82) is 0 Å². The first-order valence-corrected chi connectivity index (χ1v) is 12.2. The second-order valence-electron chi connectivity index (χ2n) is 7.24. The number of rotatable bonds is 10. The predicted molar refractivity (Wildman–Crippen MR) is 119 cm³/mol. The van der Waals surface area contributed by atoms with E-state index in [1.165, 1.54) is 54.1 Å². The summed E-state index contributed by atoms with van der Waals surface area (Å²) >= 11 is 1.48. The van der Waals surface area contributed by atoms with Crippen molar-refractivity contribution in [2.45, 2.75) is 17.9 Å². The third kappa shape index (κ3) is 5.88. The lowest BCUT2D eigenvalue weighted by molar-refractivity contribution is 0.102. The molecule has 0 atom stereocenters. The Morgan fingerprint density at radius 1 is 1.19 bits per heavy atom. The van der Waals surface area contributed by atoms with E-state index in [-0.39, 0.29) is 37.1 Å². The molecule has 1 aromatic heterocycles. The SMILES string of the molecule is COCCN(CCOC)S(=O)(=O)c1ccc(C(=O)Nc2nc3c(s2)CN(C)CC3)cc1. The maximum atomic E-state index is 13.0. The first-order valence-electron chi connectivity index (χ1n) is 9.91. The molecule has 9 nitrogen and oxygen atoms in total. The molecule has 1 amide bonds. The Labute approximate surface area is 187 Å². The van der Waals surface area contributed by atoms with E-state index in [9.17, 15) is 13.2 Å². The van der Waals surface area contributed by atoms with Crippen LogP contribution in [0.1, 0.15) is 20.9 Å². The molecule has 1 aliphatic heterocycles. The van der Waals surface area contributed by atoms with Crippen LogP contribution in [0.5, 0.6) is 0 Å². The number of nitrogens with one attached hydrogen (secondary N) is 1. The second kappa shape index (κ2) is 10.6. The normalized spacial score (nSPS) is 14.6. The van der Waals surface area contributed by atoms with Crippen LogP contribution in [0.4, 0.5) is 5.13 Å². The number of thiazole rings is 1. The summed E-state index contributed by atoms with van der Waals surface area (Å²) in [4.78, 5) is 20.6. The van der Waals surface area contributed by atoms with E-state index < -0.39 is 10.0 Å². The van der Waals surface area contributed by atoms with Crippen molar-refractivity contribution >= 4 is 32.4 Å². The third-order valence-corrected chi connectivity index (χ3v) is 7.90. The molecular formula is C20H28N4O5S2. The highest BCUT2D eigenvalue weighted by Crippen LogP contribution is 2.28. The van der Waals surface area contributed by atoms with Gasteiger partial charge in [0.1, 0.15) is 0 Å². The first-order chi connectivity index (χ1) is 14.8. The summed E-state index contributed by atoms with van der Waals surface area (Å²) in [6.07, 6.45) is 0.868. The number of methoxy groups -OCH3 is 2. The number of likely N-dealkylation sites (N-methyl/N-ethyl adjacent to an activating group) is 1. The average molecular weight is 469 g/mol. The fourth-order valence-corrected chi connectivity index (χ4v) is 5.70. The lowest BCUT2D eigenvalue weighted by Crippen LogP contribution is -2.36. The van der Waals surface area contributed by atoms with E-state index in [1.54, 1.807) is 0 Å². The summed E-state index contributed by atoms with van der Waals surface area (Å²) in [5, 5.41) is 3.39. The largest absolute Gasteiger partial charge is 0.383 e. The van der Waals surface area contributed by atoms with Gasteiger partial charge in [-0.2, -0.15) is 4.31 Å². The lowest BCUT2D eigenvalue weighted by Gasteiger charge is -2.21. The zero-order chi connectivity index (χ0) is 22.4. The number of carbonyl (C=O) groups is 1. The predicted octanol–water partition coefficient (Wildman–Crippen LogP) is 1.67. The molecule has 1 aliphatic rings. The van der Waals surface area contributed by atoms with Crippen molar-refractivity contribution in [1.82, 2.24) is 14.2 Å². The molecule has 0 bridgehead atoms. The van der Waals surface area contributed by atoms with Crippen molar-refractivity contribution < 1.29 is 22.7 Å². The number of hydrogen-bond acceptors (Lipinski definition) is 8. The minimum absolute atomic E-state index is 0.115. The van der Waals surface area contributed by atoms with Gasteiger partial charge >= 0.3 is 0 Å². The number of sulfonamides is 1. The summed E-state index contributed by atoms with van der Waals surface area (Å²) < 4.78 is 37.3. The Morgan fingerprint density at radius 3 is 2.45 bits per heavy atom. The van der Waals surface area contributed by atoms with E-state index in [0.29, 0.717) is 10.7 Å². The maximum Gasteiger partial charge on any atom is 0.257 e. The highest BCUT2D eigenvalue weighted by Gasteiger charge is 2.24. The second-order valence-corrected chi connectivity index (χ2v) is 10.3. The fraction of sp³-hybridized carbons (Fsp3) is 0.500. The van der Waals surface area contributed by atoms with Crippen LogP contribution in [-0.4, -0.2) is 82.6 Å². The number of amides is 1. The average Bonchev–Trinajstić information content (AvgIpc) is 3.15. The van der Waals surface area contributed by atoms with E-state index in [1.807, 2.05) is 0 Å². The zero-order valence-corrected chi connectivity index (χ0v) is 19.6. The van der Waals surface area contributed by atoms with Crippen molar-refractivity contribution in [3.8, 4) is 0 Å². The van der Waals surface area contributed by atoms with Crippen molar-refractivity contribution in [3.63, 3.8) is 0 Å². The van der Waals surface area contributed by atoms with Gasteiger partial charge in [0.05, 0.1) is 23.8 Å². The highest BCUT2D eigenvalue weighted by atomic mass is 32.2. The van der Waals surface area contributed by atoms with Gasteiger partial charge in [0.25, 0.3) is 5.91 Å². The number of ether oxygens (including phenoxy) is 2. The van der Waals surface area contributed by atoms with Gasteiger partial charge in [0, 0.05) is 57.3 Å². The number of fused-ring (bicyclic) bond motifs is 1. The molecule has 2 heterocycles. The van der Waals surface area contributed by atoms with Crippen molar-refractivity contribution in [2.24, 2.45) is 0 Å². The van der Waals surface area contributed by atoms with Crippen LogP contribution < -0.4 is 5.32 Å². The van der Waals surface area contributed by atoms with E-state index in [2.05, 4.69) is 22.2 Å². The smallest absolute Gasteiger partial charge is 0.257 e. The molecule has 170 valence electrons. The standard InChI is InChI=1S/C20H28N4O5S2/c1-23-9-8-17-18(14-23)30-20(21-17)22-19(25)15-4-6-16(7-5-15)31(26,27)24(10-12-28-2)11-13-29-3/h4-7H,8-14H2,1-3H3,(H,21,22,25). The topological polar surface area (TPSA) is 101 Å². The van der Waals surface area contributed by atoms with Gasteiger partial charge in [-0.15, -0.1) is 11.3 Å². The van der Waals surface area contributed by atoms with Crippen LogP contribution in [-0.2, 0) is 32.5 Å². The Bertz CT molecular complexity index is 983. The molecule has 0 aliphatic carbocycles. The molecule has 2 aromatic rings. The highest BCUT2D eigenvalue weighted by molar-refractivity contribution is 7.89. The van der Waals surface area contributed by atoms with Gasteiger partial charge < -0.3 is 14.4 Å². The van der Waals surface area contributed by atoms with Crippen LogP contribution in [0.25, 0.3) is 0 Å². The molecule has 0 spiro atoms. The monoisotopic (exact) mass is 468 g/mol. The maximum absolute atomic E-state index is 13.0. The summed E-state index contributed by atoms with van der Waals surface area (Å²) in [7, 11) is 1.37. The van der Waals surface area contributed by atoms with Gasteiger partial charge in [-0.25, -0.2) is 13.4 Å². The summed E-state index contributed by atoms with van der Waals surface area (Å²) in [6.45, 7) is 2.76. The Balaban J connectivity index is 1.70. The molecule has 0 unspecified atom stereocenters. The summed E-state index contributed by atoms with van der Waals surface area (Å²) in [5.74, 6) is -0.320. The Morgan fingerprint density at radius 2 is 1.84 bits per heavy atom. The van der Waals surface area contributed by atoms with Crippen LogP contribution in [0.3, 0.4) is 0 Å². The molecule has 1 N–H and O–H groups in total. The third-order valence-electron chi connectivity index (χ3n) is 4.99. The summed E-state index contributed by atoms with van der Waals surface area (Å²) in [6, 6.07) is 5.90. The van der Waals surface area contributed by atoms with Gasteiger partial charge in [-0.3, -0.25) is 10.1 Å². The minimum Gasteiger partial charge on any atom is -0.383 e. The van der Waals surface area contributed by atoms with Gasteiger partial charge in [0.2, 0.25) is 10.0 Å². The van der Waals surface area contributed by atoms with Crippen LogP contribution in [0.15, 0.2) is 29.2 Å². The quantitative estimate of drug-likeness (QED) is 0.566. The zero-order valence-electron chi connectivity index (χ0n) is 18.0. The summed E-state index contributed by atoms with van der Waals surface area (Å²) in [5.41, 5.74) is 1.40. The molecular weight excluding hydrogens is 440 g/mol. The first kappa shape index (κ1) is 23.8. The number of anilines is 1. The van der Waals surface area contributed by atoms with Gasteiger partial charge in [0.15, 0.2) is 5.13 Å². The van der Waals surface area contributed by atoms with Crippen molar-refractivity contribution in [2.75, 3.05) is 59.4 Å². The number of carbonyl (C=O) groups excluding carboxylic acids is 1. The van der Waals surface area contributed by atoms with E-state index in [4.69, 9.17) is 9.47 Å². The molecule has 1 aromatic carbocycles. The molecule has 31 heavy (non-hydrogen) atoms.